The minimum absolute atomic E-state index is 0.0214. The molecule has 7 atom stereocenters. The second kappa shape index (κ2) is 20.7. The highest BCUT2D eigenvalue weighted by molar-refractivity contribution is 7.07. The van der Waals surface area contributed by atoms with Gasteiger partial charge >= 0.3 is 11.8 Å². The van der Waals surface area contributed by atoms with Gasteiger partial charge in [-0.15, -0.1) is 11.3 Å². The average molecular weight is 814 g/mol. The van der Waals surface area contributed by atoms with Crippen LogP contribution >= 0.6 is 11.3 Å². The number of benzene rings is 2. The van der Waals surface area contributed by atoms with Gasteiger partial charge in [-0.1, -0.05) is 74.6 Å². The molecule has 0 aliphatic heterocycles. The van der Waals surface area contributed by atoms with E-state index in [2.05, 4.69) is 20.6 Å². The highest BCUT2D eigenvalue weighted by Crippen LogP contribution is 2.38. The number of hydrogen-bond donors (Lipinski definition) is 6. The lowest BCUT2D eigenvalue weighted by Crippen LogP contribution is -2.71. The summed E-state index contributed by atoms with van der Waals surface area (Å²) in [4.78, 5) is 79.7. The molecule has 9 N–H and O–H groups in total. The highest BCUT2D eigenvalue weighted by Gasteiger charge is 2.56. The Hall–Kier alpha value is -4.93. The van der Waals surface area contributed by atoms with Crippen molar-refractivity contribution in [2.75, 3.05) is 13.6 Å². The number of aliphatic hydroxyl groups excluding tert-OH is 1. The van der Waals surface area contributed by atoms with E-state index in [1.54, 1.807) is 17.6 Å². The van der Waals surface area contributed by atoms with Gasteiger partial charge in [-0.25, -0.2) is 14.6 Å². The van der Waals surface area contributed by atoms with Gasteiger partial charge in [-0.3, -0.25) is 19.4 Å². The van der Waals surface area contributed by atoms with Crippen LogP contribution in [0.2, 0.25) is 0 Å². The minimum atomic E-state index is -1.55. The number of likely N-dealkylation sites (N-methyl/N-ethyl adjacent to an activating group) is 1. The van der Waals surface area contributed by atoms with E-state index in [0.717, 1.165) is 42.9 Å². The van der Waals surface area contributed by atoms with Crippen LogP contribution in [0.1, 0.15) is 98.7 Å². The van der Waals surface area contributed by atoms with E-state index < -0.39 is 76.6 Å². The van der Waals surface area contributed by atoms with Crippen molar-refractivity contribution in [1.29, 1.82) is 0 Å². The second-order valence-corrected chi connectivity index (χ2v) is 16.3. The first kappa shape index (κ1) is 44.2. The zero-order chi connectivity index (χ0) is 41.8. The number of fused-ring (bicyclic) bond motifs is 1. The van der Waals surface area contributed by atoms with Gasteiger partial charge in [0.25, 0.3) is 5.91 Å². The fraction of sp³-hybridized carbons (Fsp3) is 0.465. The van der Waals surface area contributed by atoms with Gasteiger partial charge in [-0.05, 0) is 67.1 Å². The molecule has 2 aromatic heterocycles. The first-order valence-electron chi connectivity index (χ1n) is 20.1. The minimum Gasteiger partial charge on any atom is -0.386 e. The molecule has 4 aromatic rings. The number of imide groups is 1. The van der Waals surface area contributed by atoms with E-state index in [4.69, 9.17) is 17.2 Å². The lowest BCUT2D eigenvalue weighted by molar-refractivity contribution is -0.793. The van der Waals surface area contributed by atoms with Crippen molar-refractivity contribution in [1.82, 2.24) is 20.6 Å². The molecule has 5 rings (SSSR count). The molecule has 1 saturated carbocycles. The molecule has 0 spiro atoms. The fourth-order valence-electron chi connectivity index (χ4n) is 8.40. The Morgan fingerprint density at radius 3 is 2.36 bits per heavy atom. The number of carbonyl (C=O) groups is 5. The number of nitrogens with one attached hydrogen (secondary N) is 2. The second-order valence-electron chi connectivity index (χ2n) is 15.6. The van der Waals surface area contributed by atoms with Crippen molar-refractivity contribution in [2.45, 2.75) is 107 Å². The quantitative estimate of drug-likeness (QED) is 0.0594. The Balaban J connectivity index is 1.66. The molecule has 2 heterocycles. The van der Waals surface area contributed by atoms with Crippen LogP contribution in [0.15, 0.2) is 77.9 Å². The maximum atomic E-state index is 16.0. The predicted molar refractivity (Wildman–Crippen MR) is 223 cm³/mol. The van der Waals surface area contributed by atoms with Gasteiger partial charge in [-0.2, -0.15) is 4.48 Å². The van der Waals surface area contributed by atoms with E-state index in [1.165, 1.54) is 37.7 Å². The van der Waals surface area contributed by atoms with E-state index in [9.17, 15) is 24.3 Å². The van der Waals surface area contributed by atoms with Crippen molar-refractivity contribution in [3.63, 3.8) is 0 Å². The third-order valence-electron chi connectivity index (χ3n) is 11.5. The summed E-state index contributed by atoms with van der Waals surface area (Å²) in [6.45, 7) is 1.89. The van der Waals surface area contributed by atoms with Crippen LogP contribution in [0.4, 0.5) is 0 Å². The summed E-state index contributed by atoms with van der Waals surface area (Å²) in [6, 6.07) is 11.8. The van der Waals surface area contributed by atoms with Crippen LogP contribution in [0.3, 0.4) is 0 Å². The number of pyridine rings is 1. The Kier molecular flexibility index (Phi) is 15.7. The summed E-state index contributed by atoms with van der Waals surface area (Å²) in [6.07, 6.45) is 7.01. The largest absolute Gasteiger partial charge is 0.386 e. The van der Waals surface area contributed by atoms with Crippen molar-refractivity contribution in [3.05, 3.63) is 94.7 Å². The summed E-state index contributed by atoms with van der Waals surface area (Å²) < 4.78 is -1.03. The Bertz CT molecular complexity index is 2000. The van der Waals surface area contributed by atoms with Crippen LogP contribution in [0.25, 0.3) is 10.8 Å². The van der Waals surface area contributed by atoms with E-state index in [-0.39, 0.29) is 24.3 Å². The summed E-state index contributed by atoms with van der Waals surface area (Å²) in [5, 5.41) is 21.4. The lowest BCUT2D eigenvalue weighted by atomic mass is 9.80. The number of aromatic nitrogens is 2. The van der Waals surface area contributed by atoms with Crippen LogP contribution in [0, 0.1) is 5.92 Å². The molecule has 5 amide bonds. The number of primary amides is 1. The van der Waals surface area contributed by atoms with Crippen molar-refractivity contribution in [2.24, 2.45) is 23.1 Å². The Morgan fingerprint density at radius 2 is 1.71 bits per heavy atom. The number of carbonyl (C=O) groups excluding carboxylic acids is 5. The van der Waals surface area contributed by atoms with Gasteiger partial charge in [0.1, 0.15) is 24.2 Å². The maximum Gasteiger partial charge on any atom is 0.344 e. The molecule has 310 valence electrons. The Morgan fingerprint density at radius 1 is 0.966 bits per heavy atom. The van der Waals surface area contributed by atoms with Crippen LogP contribution < -0.4 is 27.8 Å². The molecule has 15 heteroatoms. The topological polar surface area (TPSA) is 233 Å². The Labute approximate surface area is 343 Å². The number of unbranched alkanes of at least 4 members (excludes halogenated alkanes) is 1. The predicted octanol–water partition coefficient (Wildman–Crippen LogP) is 3.66. The standard InChI is InChI=1S/C43H56N8O6S/c1-27(45)42(56)51(2,35(22-28-12-4-3-5-13-28)36(52)23-37(53)49-33(40(46)54)19-8-9-20-44)43(57)39(50-41(55)30-16-11-21-47-24-30)38(34-25-58-26-48-34)32-18-10-15-29-14-6-7-17-31(29)32/h6-7,10-11,14-18,21,24-28,33,35-36,38-39,52H,3-5,8-9,12-13,19-20,22-23,44-45H2,1-2H3,(H3-,46,49,50,53,54,55)/p+1/t27-,33-,35-,36-,38?,39?,51?/m0/s1. The van der Waals surface area contributed by atoms with Gasteiger partial charge < -0.3 is 32.9 Å². The van der Waals surface area contributed by atoms with E-state index >= 15 is 4.79 Å². The molecule has 0 bridgehead atoms. The summed E-state index contributed by atoms with van der Waals surface area (Å²) in [7, 11) is 1.44. The highest BCUT2D eigenvalue weighted by atomic mass is 32.1. The zero-order valence-electron chi connectivity index (χ0n) is 33.3. The number of amides is 5. The van der Waals surface area contributed by atoms with Crippen LogP contribution in [0.5, 0.6) is 0 Å². The molecule has 58 heavy (non-hydrogen) atoms. The molecule has 0 radical (unpaired) electrons. The molecule has 1 aliphatic rings. The van der Waals surface area contributed by atoms with Gasteiger partial charge in [0.2, 0.25) is 11.8 Å². The number of aliphatic hydroxyl groups is 1. The number of quaternary nitrogens is 1. The summed E-state index contributed by atoms with van der Waals surface area (Å²) in [5.74, 6) is -4.32. The molecular formula is C43H57N8O6S+. The molecular weight excluding hydrogens is 757 g/mol. The smallest absolute Gasteiger partial charge is 0.344 e. The number of nitrogens with zero attached hydrogens (tertiary/aromatic N) is 3. The molecule has 1 fully saturated rings. The van der Waals surface area contributed by atoms with Crippen molar-refractivity contribution < 1.29 is 33.6 Å². The number of rotatable bonds is 19. The fourth-order valence-corrected chi connectivity index (χ4v) is 8.99. The normalized spacial score (nSPS) is 17.5. The first-order chi connectivity index (χ1) is 27.9. The molecule has 2 aromatic carbocycles. The molecule has 3 unspecified atom stereocenters. The summed E-state index contributed by atoms with van der Waals surface area (Å²) in [5.41, 5.74) is 20.7. The first-order valence-corrected chi connectivity index (χ1v) is 21.0. The monoisotopic (exact) mass is 813 g/mol. The van der Waals surface area contributed by atoms with Crippen LogP contribution in [-0.2, 0) is 19.2 Å². The number of thiazole rings is 1. The summed E-state index contributed by atoms with van der Waals surface area (Å²) >= 11 is 1.32. The van der Waals surface area contributed by atoms with E-state index in [0.29, 0.717) is 30.6 Å². The number of nitrogens with two attached hydrogens (primary N) is 3. The lowest BCUT2D eigenvalue weighted by Gasteiger charge is -2.44. The molecule has 1 aliphatic carbocycles. The van der Waals surface area contributed by atoms with Crippen molar-refractivity contribution in [3.8, 4) is 0 Å². The van der Waals surface area contributed by atoms with E-state index in [1.807, 2.05) is 47.8 Å². The SMILES string of the molecule is C[C@H](N)C(=O)[N+](C)(C(=O)C(NC(=O)c1cccnc1)C(c1cscn1)c1cccc2ccccc12)[C@@H](CC1CCCCC1)[C@@H](O)CC(=O)N[C@@H](CCCCN)C(N)=O. The van der Waals surface area contributed by atoms with Gasteiger partial charge in [0.15, 0.2) is 6.04 Å². The molecule has 14 nitrogen and oxygen atoms in total. The van der Waals surface area contributed by atoms with Gasteiger partial charge in [0.05, 0.1) is 36.2 Å². The average Bonchev–Trinajstić information content (AvgIpc) is 3.76. The third kappa shape index (κ3) is 10.6. The molecule has 0 saturated heterocycles. The zero-order valence-corrected chi connectivity index (χ0v) is 34.1. The number of hydrogen-bond acceptors (Lipinski definition) is 11. The maximum absolute atomic E-state index is 16.0. The van der Waals surface area contributed by atoms with Crippen LogP contribution in [-0.4, -0.2) is 93.0 Å². The van der Waals surface area contributed by atoms with Crippen molar-refractivity contribution >= 4 is 51.6 Å². The van der Waals surface area contributed by atoms with Gasteiger partial charge in [0, 0.05) is 24.2 Å². The third-order valence-corrected chi connectivity index (χ3v) is 12.1.